The van der Waals surface area contributed by atoms with Crippen molar-refractivity contribution in [2.24, 2.45) is 11.8 Å². The summed E-state index contributed by atoms with van der Waals surface area (Å²) in [5.74, 6) is 3.86. The van der Waals surface area contributed by atoms with Crippen LogP contribution in [0, 0.1) is 40.5 Å². The third-order valence-corrected chi connectivity index (χ3v) is 15.6. The van der Waals surface area contributed by atoms with E-state index in [0.29, 0.717) is 60.5 Å². The molecule has 2 N–H and O–H groups in total. The van der Waals surface area contributed by atoms with Crippen molar-refractivity contribution < 1.29 is 45.5 Å². The molecule has 3 fully saturated rings. The standard InChI is InChI=1S/C58H62N2O4.2CH3.Hf/c1-37-31-47(57(61)53(33-37)59-49-25-11-5-19-41(49)42-20-6-12-26-50(42)59)45-23-9-15-29-55(45)63-35-39-17-3-4-18-40(39)36-64-56-30-16-10-24-46(56)48-32-38(2)34-54(58(48)62)60-51-27-13-7-21-43(51)44-22-8-14-28-52(44)60;;;/h5,7,9-11,13,15-16,19,21,23-25,27,29-34,39-40,42,44,50,52,61-62H,3-4,6,8,12,14,17-18,20,22,26,28,35-36H2,1-2H3;2*1H3;/q;2*-1;. The zero-order valence-electron chi connectivity index (χ0n) is 40.0. The summed E-state index contributed by atoms with van der Waals surface area (Å²) in [6, 6.07) is 43.4. The molecule has 6 nitrogen and oxygen atoms in total. The number of fused-ring (bicyclic) bond motifs is 6. The number of aryl methyl sites for hydroxylation is 2. The molecule has 2 heterocycles. The topological polar surface area (TPSA) is 65.4 Å². The van der Waals surface area contributed by atoms with Gasteiger partial charge in [0.1, 0.15) is 23.0 Å². The second-order valence-electron chi connectivity index (χ2n) is 19.6. The summed E-state index contributed by atoms with van der Waals surface area (Å²) in [7, 11) is 0. The van der Waals surface area contributed by atoms with Crippen LogP contribution in [0.3, 0.4) is 0 Å². The van der Waals surface area contributed by atoms with E-state index >= 15 is 0 Å². The molecule has 0 bridgehead atoms. The molecule has 0 aromatic heterocycles. The Morgan fingerprint density at radius 3 is 1.27 bits per heavy atom. The molecule has 0 spiro atoms. The molecule has 0 amide bonds. The quantitative estimate of drug-likeness (QED) is 0.105. The van der Waals surface area contributed by atoms with Gasteiger partial charge < -0.3 is 44.3 Å². The summed E-state index contributed by atoms with van der Waals surface area (Å²) >= 11 is 0. The largest absolute Gasteiger partial charge is 0.505 e. The molecule has 67 heavy (non-hydrogen) atoms. The van der Waals surface area contributed by atoms with Crippen molar-refractivity contribution in [1.82, 2.24) is 0 Å². The average molecular weight is 1060 g/mol. The number of phenols is 2. The fourth-order valence-corrected chi connectivity index (χ4v) is 12.6. The monoisotopic (exact) mass is 1060 g/mol. The normalized spacial score (nSPS) is 22.5. The predicted molar refractivity (Wildman–Crippen MR) is 273 cm³/mol. The summed E-state index contributed by atoms with van der Waals surface area (Å²) in [6.45, 7) is 5.44. The smallest absolute Gasteiger partial charge is 0.147 e. The Hall–Kier alpha value is -5.01. The van der Waals surface area contributed by atoms with Crippen LogP contribution in [0.25, 0.3) is 22.3 Å². The van der Waals surface area contributed by atoms with Gasteiger partial charge in [-0.05, 0) is 135 Å². The maximum absolute atomic E-state index is 12.3. The van der Waals surface area contributed by atoms with Crippen molar-refractivity contribution >= 4 is 22.7 Å². The molecule has 0 radical (unpaired) electrons. The molecule has 0 saturated heterocycles. The van der Waals surface area contributed by atoms with Gasteiger partial charge in [0.05, 0.1) is 24.6 Å². The summed E-state index contributed by atoms with van der Waals surface area (Å²) in [5.41, 5.74) is 12.8. The van der Waals surface area contributed by atoms with Crippen LogP contribution in [0.15, 0.2) is 121 Å². The molecule has 6 unspecified atom stereocenters. The number of phenolic OH excluding ortho intramolecular Hbond substituents is 2. The van der Waals surface area contributed by atoms with Gasteiger partial charge in [-0.1, -0.05) is 111 Å². The molecular formula is C60H68HfN2O4-2. The fraction of sp³-hybridized carbons (Fsp3) is 0.367. The van der Waals surface area contributed by atoms with Crippen molar-refractivity contribution in [1.29, 1.82) is 0 Å². The molecule has 6 aromatic carbocycles. The van der Waals surface area contributed by atoms with Crippen molar-refractivity contribution in [3.63, 3.8) is 0 Å². The SMILES string of the molecule is Cc1cc(-c2ccccc2OCC2CCCCC2COc2ccccc2-c2cc(C)cc(N3c4ccccc4C4CCCCC43)c2O)c(O)c(N2c3ccccc3C3CCCCC32)c1.[CH3-].[CH3-].[Hf]. The Morgan fingerprint density at radius 2 is 0.821 bits per heavy atom. The number of aromatic hydroxyl groups is 2. The third-order valence-electron chi connectivity index (χ3n) is 15.6. The zero-order valence-corrected chi connectivity index (χ0v) is 43.6. The number of ether oxygens (including phenoxy) is 2. The number of hydrogen-bond acceptors (Lipinski definition) is 6. The number of para-hydroxylation sites is 4. The van der Waals surface area contributed by atoms with Gasteiger partial charge >= 0.3 is 0 Å². The summed E-state index contributed by atoms with van der Waals surface area (Å²) in [6.07, 6.45) is 14.1. The molecule has 11 rings (SSSR count). The van der Waals surface area contributed by atoms with Gasteiger partial charge in [0.15, 0.2) is 0 Å². The first-order valence-electron chi connectivity index (χ1n) is 24.3. The van der Waals surface area contributed by atoms with Crippen LogP contribution in [0.2, 0.25) is 0 Å². The number of anilines is 4. The van der Waals surface area contributed by atoms with Crippen molar-refractivity contribution in [2.45, 2.75) is 115 Å². The van der Waals surface area contributed by atoms with Crippen molar-refractivity contribution in [2.75, 3.05) is 23.0 Å². The molecule has 2 aliphatic heterocycles. The summed E-state index contributed by atoms with van der Waals surface area (Å²) in [5, 5.41) is 24.5. The molecule has 3 saturated carbocycles. The second-order valence-corrected chi connectivity index (χ2v) is 19.6. The van der Waals surface area contributed by atoms with Crippen LogP contribution < -0.4 is 19.3 Å². The van der Waals surface area contributed by atoms with Gasteiger partial charge in [-0.15, -0.1) is 0 Å². The Morgan fingerprint density at radius 1 is 0.448 bits per heavy atom. The Bertz CT molecular complexity index is 2500. The Labute approximate surface area is 419 Å². The molecule has 348 valence electrons. The average Bonchev–Trinajstić information content (AvgIpc) is 3.85. The van der Waals surface area contributed by atoms with Gasteiger partial charge in [0.2, 0.25) is 0 Å². The Balaban J connectivity index is 0.00000203. The fourth-order valence-electron chi connectivity index (χ4n) is 12.6. The second kappa shape index (κ2) is 20.7. The van der Waals surface area contributed by atoms with Crippen LogP contribution in [0.1, 0.15) is 111 Å². The van der Waals surface area contributed by atoms with Crippen molar-refractivity contribution in [3.05, 3.63) is 158 Å². The first-order valence-corrected chi connectivity index (χ1v) is 24.3. The van der Waals surface area contributed by atoms with Gasteiger partial charge in [0.25, 0.3) is 0 Å². The van der Waals surface area contributed by atoms with E-state index in [4.69, 9.17) is 9.47 Å². The van der Waals surface area contributed by atoms with Gasteiger partial charge in [-0.25, -0.2) is 0 Å². The van der Waals surface area contributed by atoms with E-state index in [1.54, 1.807) is 0 Å². The summed E-state index contributed by atoms with van der Waals surface area (Å²) < 4.78 is 13.7. The summed E-state index contributed by atoms with van der Waals surface area (Å²) in [4.78, 5) is 4.88. The van der Waals surface area contributed by atoms with E-state index in [0.717, 1.165) is 81.9 Å². The van der Waals surface area contributed by atoms with E-state index in [2.05, 4.69) is 121 Å². The molecule has 7 heteroatoms. The number of benzene rings is 6. The minimum absolute atomic E-state index is 0. The van der Waals surface area contributed by atoms with Crippen LogP contribution in [-0.2, 0) is 25.8 Å². The molecule has 6 aromatic rings. The maximum atomic E-state index is 12.3. The van der Waals surface area contributed by atoms with Crippen molar-refractivity contribution in [3.8, 4) is 45.3 Å². The van der Waals surface area contributed by atoms with E-state index < -0.39 is 0 Å². The number of rotatable bonds is 10. The minimum Gasteiger partial charge on any atom is -0.505 e. The van der Waals surface area contributed by atoms with E-state index in [1.807, 2.05) is 24.3 Å². The first kappa shape index (κ1) is 48.4. The molecule has 5 aliphatic rings. The molecule has 6 atom stereocenters. The molecule has 3 aliphatic carbocycles. The van der Waals surface area contributed by atoms with E-state index in [-0.39, 0.29) is 40.7 Å². The van der Waals surface area contributed by atoms with E-state index in [1.165, 1.54) is 73.9 Å². The van der Waals surface area contributed by atoms with Crippen LogP contribution in [-0.4, -0.2) is 35.5 Å². The van der Waals surface area contributed by atoms with Gasteiger partial charge in [0, 0.05) is 83.4 Å². The Kier molecular flexibility index (Phi) is 15.0. The van der Waals surface area contributed by atoms with E-state index in [9.17, 15) is 10.2 Å². The van der Waals surface area contributed by atoms with Gasteiger partial charge in [-0.2, -0.15) is 0 Å². The number of nitrogens with zero attached hydrogens (tertiary/aromatic N) is 2. The first-order chi connectivity index (χ1) is 31.4. The number of hydrogen-bond donors (Lipinski definition) is 2. The van der Waals surface area contributed by atoms with Crippen LogP contribution >= 0.6 is 0 Å². The van der Waals surface area contributed by atoms with Crippen LogP contribution in [0.5, 0.6) is 23.0 Å². The third kappa shape index (κ3) is 8.95. The minimum atomic E-state index is 0. The van der Waals surface area contributed by atoms with Gasteiger partial charge in [-0.3, -0.25) is 0 Å². The predicted octanol–water partition coefficient (Wildman–Crippen LogP) is 15.6. The van der Waals surface area contributed by atoms with Crippen LogP contribution in [0.4, 0.5) is 22.7 Å². The zero-order chi connectivity index (χ0) is 43.3. The molecular weight excluding hydrogens is 991 g/mol. The maximum Gasteiger partial charge on any atom is 0.147 e.